The second-order valence-corrected chi connectivity index (χ2v) is 6.49. The third-order valence-electron chi connectivity index (χ3n) is 4.59. The zero-order valence-corrected chi connectivity index (χ0v) is 14.5. The number of ketones is 1. The molecule has 1 N–H and O–H groups in total. The van der Waals surface area contributed by atoms with Gasteiger partial charge in [0.2, 0.25) is 5.78 Å². The summed E-state index contributed by atoms with van der Waals surface area (Å²) in [6.07, 6.45) is 1.06. The number of benzene rings is 2. The van der Waals surface area contributed by atoms with Crippen LogP contribution in [0.15, 0.2) is 52.9 Å². The van der Waals surface area contributed by atoms with Crippen LogP contribution >= 0.6 is 0 Å². The average molecular weight is 349 g/mol. The molecule has 2 heterocycles. The number of fused-ring (bicyclic) bond motifs is 1. The van der Waals surface area contributed by atoms with Gasteiger partial charge in [-0.15, -0.1) is 0 Å². The van der Waals surface area contributed by atoms with Crippen LogP contribution in [0.25, 0.3) is 11.0 Å². The lowest BCUT2D eigenvalue weighted by Gasteiger charge is -2.10. The molecule has 1 fully saturated rings. The number of para-hydroxylation sites is 1. The molecule has 0 radical (unpaired) electrons. The lowest BCUT2D eigenvalue weighted by atomic mass is 10.1. The summed E-state index contributed by atoms with van der Waals surface area (Å²) in [5.41, 5.74) is 2.55. The molecule has 1 atom stereocenters. The fraction of sp³-hybridized carbons (Fsp3) is 0.238. The molecule has 5 heteroatoms. The van der Waals surface area contributed by atoms with E-state index < -0.39 is 6.10 Å². The molecule has 4 rings (SSSR count). The van der Waals surface area contributed by atoms with Crippen molar-refractivity contribution < 1.29 is 18.7 Å². The fourth-order valence-electron chi connectivity index (χ4n) is 3.15. The van der Waals surface area contributed by atoms with Crippen LogP contribution in [-0.4, -0.2) is 24.4 Å². The van der Waals surface area contributed by atoms with Gasteiger partial charge in [0.15, 0.2) is 5.76 Å². The average Bonchev–Trinajstić information content (AvgIpc) is 3.30. The van der Waals surface area contributed by atoms with Gasteiger partial charge in [-0.25, -0.2) is 0 Å². The number of rotatable bonds is 4. The minimum atomic E-state index is -0.481. The van der Waals surface area contributed by atoms with Crippen molar-refractivity contribution in [1.29, 1.82) is 0 Å². The largest absolute Gasteiger partial charge is 0.450 e. The van der Waals surface area contributed by atoms with Gasteiger partial charge in [0.05, 0.1) is 5.69 Å². The van der Waals surface area contributed by atoms with Crippen molar-refractivity contribution in [2.75, 3.05) is 11.9 Å². The number of carbonyl (C=O) groups excluding carboxylic acids is 2. The van der Waals surface area contributed by atoms with Crippen LogP contribution in [0.5, 0.6) is 0 Å². The minimum absolute atomic E-state index is 0.140. The molecular weight excluding hydrogens is 330 g/mol. The molecule has 0 spiro atoms. The van der Waals surface area contributed by atoms with Crippen LogP contribution in [-0.2, 0) is 9.53 Å². The number of nitrogens with one attached hydrogen (secondary N) is 1. The summed E-state index contributed by atoms with van der Waals surface area (Å²) in [5, 5.41) is 3.56. The zero-order chi connectivity index (χ0) is 18.1. The van der Waals surface area contributed by atoms with E-state index in [1.807, 2.05) is 37.3 Å². The summed E-state index contributed by atoms with van der Waals surface area (Å²) in [5.74, 6) is -0.364. The van der Waals surface area contributed by atoms with Crippen molar-refractivity contribution in [1.82, 2.24) is 0 Å². The fourth-order valence-corrected chi connectivity index (χ4v) is 3.15. The van der Waals surface area contributed by atoms with Crippen molar-refractivity contribution >= 4 is 28.3 Å². The Kier molecular flexibility index (Phi) is 4.31. The third-order valence-corrected chi connectivity index (χ3v) is 4.59. The quantitative estimate of drug-likeness (QED) is 0.720. The maximum atomic E-state index is 13.0. The Bertz CT molecular complexity index is 965. The first-order valence-electron chi connectivity index (χ1n) is 8.69. The van der Waals surface area contributed by atoms with Crippen molar-refractivity contribution in [3.05, 3.63) is 65.4 Å². The highest BCUT2D eigenvalue weighted by Crippen LogP contribution is 2.33. The van der Waals surface area contributed by atoms with Crippen LogP contribution in [0, 0.1) is 6.92 Å². The highest BCUT2D eigenvalue weighted by Gasteiger charge is 2.28. The van der Waals surface area contributed by atoms with E-state index in [0.717, 1.165) is 12.0 Å². The number of furan rings is 1. The predicted octanol–water partition coefficient (Wildman–Crippen LogP) is 4.09. The van der Waals surface area contributed by atoms with Gasteiger partial charge in [-0.05, 0) is 31.9 Å². The third kappa shape index (κ3) is 3.02. The molecule has 5 nitrogen and oxygen atoms in total. The Hall–Kier alpha value is -2.92. The number of ether oxygens (including phenoxy) is 1. The first kappa shape index (κ1) is 16.5. The lowest BCUT2D eigenvalue weighted by Crippen LogP contribution is -2.27. The first-order valence-corrected chi connectivity index (χ1v) is 8.69. The Balaban J connectivity index is 1.74. The van der Waals surface area contributed by atoms with E-state index in [2.05, 4.69) is 5.32 Å². The van der Waals surface area contributed by atoms with Gasteiger partial charge >= 0.3 is 0 Å². The number of hydrogen-bond acceptors (Lipinski definition) is 4. The van der Waals surface area contributed by atoms with Crippen LogP contribution in [0.2, 0.25) is 0 Å². The molecule has 1 aliphatic rings. The molecule has 1 aliphatic heterocycles. The van der Waals surface area contributed by atoms with Gasteiger partial charge in [-0.1, -0.05) is 42.0 Å². The highest BCUT2D eigenvalue weighted by molar-refractivity contribution is 6.17. The smallest absolute Gasteiger partial charge is 0.253 e. The monoisotopic (exact) mass is 349 g/mol. The van der Waals surface area contributed by atoms with Crippen LogP contribution in [0.1, 0.15) is 34.5 Å². The molecular formula is C21H19NO4. The van der Waals surface area contributed by atoms with Crippen molar-refractivity contribution in [2.45, 2.75) is 25.9 Å². The molecule has 1 aromatic heterocycles. The molecule has 3 aromatic rings. The van der Waals surface area contributed by atoms with E-state index >= 15 is 0 Å². The Morgan fingerprint density at radius 2 is 1.85 bits per heavy atom. The predicted molar refractivity (Wildman–Crippen MR) is 98.4 cm³/mol. The molecule has 1 saturated heterocycles. The van der Waals surface area contributed by atoms with Gasteiger partial charge in [0, 0.05) is 17.6 Å². The second-order valence-electron chi connectivity index (χ2n) is 6.49. The van der Waals surface area contributed by atoms with E-state index in [0.29, 0.717) is 35.2 Å². The zero-order valence-electron chi connectivity index (χ0n) is 14.5. The summed E-state index contributed by atoms with van der Waals surface area (Å²) < 4.78 is 11.3. The molecule has 0 saturated carbocycles. The topological polar surface area (TPSA) is 68.5 Å². The van der Waals surface area contributed by atoms with E-state index in [4.69, 9.17) is 9.15 Å². The van der Waals surface area contributed by atoms with Crippen molar-refractivity contribution in [2.24, 2.45) is 0 Å². The summed E-state index contributed by atoms with van der Waals surface area (Å²) in [4.78, 5) is 25.5. The number of anilines is 1. The maximum Gasteiger partial charge on any atom is 0.253 e. The van der Waals surface area contributed by atoms with Gasteiger partial charge in [-0.2, -0.15) is 0 Å². The Labute approximate surface area is 150 Å². The highest BCUT2D eigenvalue weighted by atomic mass is 16.5. The molecule has 0 aliphatic carbocycles. The van der Waals surface area contributed by atoms with E-state index in [9.17, 15) is 9.59 Å². The summed E-state index contributed by atoms with van der Waals surface area (Å²) in [7, 11) is 0. The standard InChI is InChI=1S/C21H19NO4/c1-13-8-10-14(11-9-13)19(23)20-18(15-5-2-3-6-16(15)26-20)22-21(24)17-7-4-12-25-17/h2-3,5-6,8-11,17H,4,7,12H2,1H3,(H,22,24)/t17-/m1/s1. The molecule has 2 aromatic carbocycles. The summed E-state index contributed by atoms with van der Waals surface area (Å²) in [6.45, 7) is 2.54. The summed E-state index contributed by atoms with van der Waals surface area (Å²) in [6, 6.07) is 14.6. The minimum Gasteiger partial charge on any atom is -0.450 e. The molecule has 0 bridgehead atoms. The van der Waals surface area contributed by atoms with Gasteiger partial charge in [0.1, 0.15) is 11.7 Å². The maximum absolute atomic E-state index is 13.0. The van der Waals surface area contributed by atoms with E-state index in [-0.39, 0.29) is 17.5 Å². The SMILES string of the molecule is Cc1ccc(C(=O)c2oc3ccccc3c2NC(=O)[C@H]2CCCO2)cc1. The first-order chi connectivity index (χ1) is 12.6. The molecule has 1 amide bonds. The van der Waals surface area contributed by atoms with Crippen LogP contribution in [0.3, 0.4) is 0 Å². The Morgan fingerprint density at radius 1 is 1.08 bits per heavy atom. The van der Waals surface area contributed by atoms with E-state index in [1.54, 1.807) is 18.2 Å². The van der Waals surface area contributed by atoms with Gasteiger partial charge in [-0.3, -0.25) is 9.59 Å². The van der Waals surface area contributed by atoms with Crippen molar-refractivity contribution in [3.8, 4) is 0 Å². The lowest BCUT2D eigenvalue weighted by molar-refractivity contribution is -0.124. The molecule has 132 valence electrons. The second kappa shape index (κ2) is 6.77. The van der Waals surface area contributed by atoms with Gasteiger partial charge < -0.3 is 14.5 Å². The number of aryl methyl sites for hydroxylation is 1. The van der Waals surface area contributed by atoms with Crippen molar-refractivity contribution in [3.63, 3.8) is 0 Å². The number of amides is 1. The normalized spacial score (nSPS) is 16.7. The van der Waals surface area contributed by atoms with Crippen LogP contribution < -0.4 is 5.32 Å². The summed E-state index contributed by atoms with van der Waals surface area (Å²) >= 11 is 0. The number of hydrogen-bond donors (Lipinski definition) is 1. The molecule has 26 heavy (non-hydrogen) atoms. The van der Waals surface area contributed by atoms with Gasteiger partial charge in [0.25, 0.3) is 5.91 Å². The molecule has 0 unspecified atom stereocenters. The number of carbonyl (C=O) groups is 2. The van der Waals surface area contributed by atoms with Crippen LogP contribution in [0.4, 0.5) is 5.69 Å². The van der Waals surface area contributed by atoms with E-state index in [1.165, 1.54) is 0 Å². The Morgan fingerprint density at radius 3 is 2.58 bits per heavy atom.